The van der Waals surface area contributed by atoms with Crippen molar-refractivity contribution in [3.05, 3.63) is 59.6 Å². The zero-order valence-electron chi connectivity index (χ0n) is 16.4. The van der Waals surface area contributed by atoms with Gasteiger partial charge in [-0.15, -0.1) is 0 Å². The van der Waals surface area contributed by atoms with E-state index in [1.165, 1.54) is 0 Å². The molecule has 0 spiro atoms. The molecule has 2 atom stereocenters. The number of nitrogens with zero attached hydrogens (tertiary/aromatic N) is 1. The molecule has 0 aliphatic carbocycles. The Morgan fingerprint density at radius 2 is 1.66 bits per heavy atom. The highest BCUT2D eigenvalue weighted by molar-refractivity contribution is 7.98. The Morgan fingerprint density at radius 3 is 2.21 bits per heavy atom. The number of carbonyl (C=O) groups is 1. The van der Waals surface area contributed by atoms with E-state index in [-0.39, 0.29) is 5.91 Å². The average molecular weight is 455 g/mol. The van der Waals surface area contributed by atoms with Gasteiger partial charge in [-0.2, -0.15) is 4.55 Å². The number of likely N-dealkylation sites (tertiary alicyclic amines) is 1. The highest BCUT2D eigenvalue weighted by atomic mass is 35.5. The Balaban J connectivity index is 1.68. The SMILES string of the molecule is CC(C)(C(=O)N1CCC([S+](=O)(O)c2ccccc2)CC1)S(=O)c1ccc(Cl)cc1. The van der Waals surface area contributed by atoms with Gasteiger partial charge in [0.25, 0.3) is 10.2 Å². The van der Waals surface area contributed by atoms with Crippen molar-refractivity contribution < 1.29 is 17.8 Å². The fourth-order valence-electron chi connectivity index (χ4n) is 3.50. The van der Waals surface area contributed by atoms with Crippen molar-refractivity contribution in [2.75, 3.05) is 13.1 Å². The molecule has 2 aromatic rings. The molecule has 1 amide bonds. The second-order valence-corrected chi connectivity index (χ2v) is 12.3. The first-order chi connectivity index (χ1) is 13.6. The maximum atomic E-state index is 13.1. The summed E-state index contributed by atoms with van der Waals surface area (Å²) in [6.45, 7) is 4.08. The standard InChI is InChI=1S/C21H24ClNO4S2/c1-21(2,28(25)17-10-8-16(22)9-11-17)20(24)23-14-12-19(13-15-23)29(26,27)18-6-4-3-5-7-18/h3-11,19H,12-15H2,1-2H3/p+1. The van der Waals surface area contributed by atoms with Crippen LogP contribution in [0.2, 0.25) is 5.02 Å². The van der Waals surface area contributed by atoms with Gasteiger partial charge in [0.15, 0.2) is 10.1 Å². The fraction of sp³-hybridized carbons (Fsp3) is 0.381. The molecule has 0 aromatic heterocycles. The Bertz CT molecular complexity index is 939. The molecule has 1 fully saturated rings. The Kier molecular flexibility index (Phi) is 6.63. The summed E-state index contributed by atoms with van der Waals surface area (Å²) in [6, 6.07) is 15.3. The predicted molar refractivity (Wildman–Crippen MR) is 117 cm³/mol. The molecule has 29 heavy (non-hydrogen) atoms. The van der Waals surface area contributed by atoms with Crippen molar-refractivity contribution in [3.8, 4) is 0 Å². The third kappa shape index (κ3) is 4.63. The molecule has 156 valence electrons. The third-order valence-electron chi connectivity index (χ3n) is 5.27. The molecular weight excluding hydrogens is 430 g/mol. The molecule has 3 rings (SSSR count). The number of benzene rings is 2. The van der Waals surface area contributed by atoms with Crippen LogP contribution in [-0.2, 0) is 30.0 Å². The number of halogens is 1. The Morgan fingerprint density at radius 1 is 1.10 bits per heavy atom. The molecule has 8 heteroatoms. The maximum absolute atomic E-state index is 13.1. The van der Waals surface area contributed by atoms with E-state index in [2.05, 4.69) is 0 Å². The highest BCUT2D eigenvalue weighted by Crippen LogP contribution is 2.31. The molecule has 1 heterocycles. The van der Waals surface area contributed by atoms with Crippen molar-refractivity contribution in [1.82, 2.24) is 4.90 Å². The second kappa shape index (κ2) is 8.68. The van der Waals surface area contributed by atoms with Crippen LogP contribution in [0.5, 0.6) is 0 Å². The summed E-state index contributed by atoms with van der Waals surface area (Å²) in [7, 11) is -4.72. The summed E-state index contributed by atoms with van der Waals surface area (Å²) in [5.74, 6) is -0.214. The lowest BCUT2D eigenvalue weighted by Gasteiger charge is -2.35. The molecule has 0 bridgehead atoms. The normalized spacial score (nSPS) is 18.8. The van der Waals surface area contributed by atoms with Crippen LogP contribution in [-0.4, -0.2) is 42.7 Å². The largest absolute Gasteiger partial charge is 0.341 e. The van der Waals surface area contributed by atoms with Crippen LogP contribution in [0, 0.1) is 0 Å². The minimum atomic E-state index is -3.17. The smallest absolute Gasteiger partial charge is 0.250 e. The summed E-state index contributed by atoms with van der Waals surface area (Å²) >= 11 is 5.89. The topological polar surface area (TPSA) is 74.7 Å². The number of piperidine rings is 1. The average Bonchev–Trinajstić information content (AvgIpc) is 2.74. The summed E-state index contributed by atoms with van der Waals surface area (Å²) in [6.07, 6.45) is 0.860. The van der Waals surface area contributed by atoms with Gasteiger partial charge in [-0.25, -0.2) is 0 Å². The summed E-state index contributed by atoms with van der Waals surface area (Å²) in [5.41, 5.74) is 0. The monoisotopic (exact) mass is 454 g/mol. The zero-order valence-corrected chi connectivity index (χ0v) is 18.8. The van der Waals surface area contributed by atoms with E-state index in [0.717, 1.165) is 0 Å². The van der Waals surface area contributed by atoms with Crippen LogP contribution < -0.4 is 0 Å². The molecular formula is C21H25ClNO4S2+. The first kappa shape index (κ1) is 22.2. The molecule has 1 N–H and O–H groups in total. The molecule has 0 saturated carbocycles. The summed E-state index contributed by atoms with van der Waals surface area (Å²) in [4.78, 5) is 15.7. The molecule has 2 unspecified atom stereocenters. The van der Waals surface area contributed by atoms with Crippen LogP contribution in [0.3, 0.4) is 0 Å². The molecule has 1 aliphatic rings. The van der Waals surface area contributed by atoms with Crippen LogP contribution >= 0.6 is 11.6 Å². The van der Waals surface area contributed by atoms with Gasteiger partial charge in [0.2, 0.25) is 5.91 Å². The van der Waals surface area contributed by atoms with Crippen molar-refractivity contribution in [3.63, 3.8) is 0 Å². The molecule has 0 radical (unpaired) electrons. The summed E-state index contributed by atoms with van der Waals surface area (Å²) < 4.78 is 35.4. The predicted octanol–water partition coefficient (Wildman–Crippen LogP) is 4.25. The number of amides is 1. The van der Waals surface area contributed by atoms with Gasteiger partial charge in [0, 0.05) is 35.8 Å². The Hall–Kier alpha value is -1.54. The first-order valence-corrected chi connectivity index (χ1v) is 12.5. The van der Waals surface area contributed by atoms with Crippen molar-refractivity contribution in [2.24, 2.45) is 0 Å². The quantitative estimate of drug-likeness (QED) is 0.685. The van der Waals surface area contributed by atoms with Gasteiger partial charge < -0.3 is 4.90 Å². The van der Waals surface area contributed by atoms with E-state index in [1.807, 2.05) is 6.07 Å². The van der Waals surface area contributed by atoms with Crippen molar-refractivity contribution >= 4 is 38.5 Å². The second-order valence-electron chi connectivity index (χ2n) is 7.61. The minimum absolute atomic E-state index is 0.214. The van der Waals surface area contributed by atoms with Crippen LogP contribution in [0.25, 0.3) is 0 Å². The van der Waals surface area contributed by atoms with Crippen LogP contribution in [0.4, 0.5) is 0 Å². The lowest BCUT2D eigenvalue weighted by atomic mass is 10.1. The van der Waals surface area contributed by atoms with E-state index in [1.54, 1.807) is 67.3 Å². The van der Waals surface area contributed by atoms with Gasteiger partial charge in [-0.05, 0) is 50.2 Å². The molecule has 2 aromatic carbocycles. The zero-order chi connectivity index (χ0) is 21.2. The van der Waals surface area contributed by atoms with Crippen LogP contribution in [0.15, 0.2) is 64.4 Å². The van der Waals surface area contributed by atoms with E-state index < -0.39 is 31.0 Å². The first-order valence-electron chi connectivity index (χ1n) is 9.41. The van der Waals surface area contributed by atoms with Crippen molar-refractivity contribution in [2.45, 2.75) is 46.5 Å². The van der Waals surface area contributed by atoms with Gasteiger partial charge in [-0.1, -0.05) is 34.0 Å². The molecule has 1 aliphatic heterocycles. The lowest BCUT2D eigenvalue weighted by Crippen LogP contribution is -2.52. The van der Waals surface area contributed by atoms with E-state index >= 15 is 0 Å². The molecule has 5 nitrogen and oxygen atoms in total. The Labute approximate surface area is 180 Å². The van der Waals surface area contributed by atoms with Gasteiger partial charge in [-0.3, -0.25) is 9.00 Å². The maximum Gasteiger partial charge on any atom is 0.250 e. The van der Waals surface area contributed by atoms with Crippen LogP contribution in [0.1, 0.15) is 26.7 Å². The highest BCUT2D eigenvalue weighted by Gasteiger charge is 2.45. The van der Waals surface area contributed by atoms with E-state index in [9.17, 15) is 17.8 Å². The van der Waals surface area contributed by atoms with Gasteiger partial charge in [0.05, 0.1) is 10.8 Å². The van der Waals surface area contributed by atoms with E-state index in [0.29, 0.717) is 40.7 Å². The van der Waals surface area contributed by atoms with Gasteiger partial charge >= 0.3 is 0 Å². The number of rotatable bonds is 5. The number of hydrogen-bond donors (Lipinski definition) is 1. The fourth-order valence-corrected chi connectivity index (χ4v) is 6.67. The summed E-state index contributed by atoms with van der Waals surface area (Å²) in [5, 5.41) is 0.141. The minimum Gasteiger partial charge on any atom is -0.341 e. The number of hydrogen-bond acceptors (Lipinski definition) is 3. The third-order valence-corrected chi connectivity index (χ3v) is 9.64. The van der Waals surface area contributed by atoms with Gasteiger partial charge in [0.1, 0.15) is 4.75 Å². The van der Waals surface area contributed by atoms with Crippen molar-refractivity contribution in [1.29, 1.82) is 0 Å². The number of carbonyl (C=O) groups excluding carboxylic acids is 1. The molecule has 1 saturated heterocycles. The lowest BCUT2D eigenvalue weighted by molar-refractivity contribution is -0.133. The van der Waals surface area contributed by atoms with E-state index in [4.69, 9.17) is 11.6 Å².